The Bertz CT molecular complexity index is 490. The van der Waals surface area contributed by atoms with Crippen LogP contribution in [0.3, 0.4) is 0 Å². The first-order chi connectivity index (χ1) is 8.74. The minimum atomic E-state index is 0.0556. The first-order valence-corrected chi connectivity index (χ1v) is 6.07. The third kappa shape index (κ3) is 2.70. The molecule has 2 rings (SSSR count). The standard InChI is InChI=1S/C12H18N6/c1-4-18-11(16-8-17-18)5-10(13-3)12-14-6-9(2)7-15-12/h6-8,10,13H,4-5H2,1-3H3. The summed E-state index contributed by atoms with van der Waals surface area (Å²) in [6.45, 7) is 4.85. The molecule has 18 heavy (non-hydrogen) atoms. The van der Waals surface area contributed by atoms with Crippen molar-refractivity contribution in [1.82, 2.24) is 30.0 Å². The fourth-order valence-corrected chi connectivity index (χ4v) is 1.80. The predicted molar refractivity (Wildman–Crippen MR) is 68.0 cm³/mol. The van der Waals surface area contributed by atoms with Crippen molar-refractivity contribution in [2.24, 2.45) is 0 Å². The molecule has 0 bridgehead atoms. The SMILES string of the molecule is CCn1ncnc1CC(NC)c1ncc(C)cn1. The average Bonchev–Trinajstić information content (AvgIpc) is 2.84. The highest BCUT2D eigenvalue weighted by Gasteiger charge is 2.16. The van der Waals surface area contributed by atoms with E-state index in [0.29, 0.717) is 0 Å². The summed E-state index contributed by atoms with van der Waals surface area (Å²) in [5, 5.41) is 7.39. The second-order valence-corrected chi connectivity index (χ2v) is 4.16. The van der Waals surface area contributed by atoms with Crippen LogP contribution < -0.4 is 5.32 Å². The van der Waals surface area contributed by atoms with Crippen molar-refractivity contribution in [3.63, 3.8) is 0 Å². The van der Waals surface area contributed by atoms with Crippen LogP contribution in [0.5, 0.6) is 0 Å². The highest BCUT2D eigenvalue weighted by molar-refractivity contribution is 5.06. The van der Waals surface area contributed by atoms with Gasteiger partial charge >= 0.3 is 0 Å². The Hall–Kier alpha value is -1.82. The normalized spacial score (nSPS) is 12.6. The van der Waals surface area contributed by atoms with E-state index in [0.717, 1.165) is 30.2 Å². The third-order valence-corrected chi connectivity index (χ3v) is 2.84. The number of nitrogens with one attached hydrogen (secondary N) is 1. The van der Waals surface area contributed by atoms with Crippen LogP contribution in [0.4, 0.5) is 0 Å². The number of hydrogen-bond donors (Lipinski definition) is 1. The first-order valence-electron chi connectivity index (χ1n) is 6.07. The molecule has 1 atom stereocenters. The lowest BCUT2D eigenvalue weighted by atomic mass is 10.2. The summed E-state index contributed by atoms with van der Waals surface area (Å²) in [6, 6.07) is 0.0556. The smallest absolute Gasteiger partial charge is 0.145 e. The van der Waals surface area contributed by atoms with Crippen molar-refractivity contribution in [1.29, 1.82) is 0 Å². The summed E-state index contributed by atoms with van der Waals surface area (Å²) < 4.78 is 1.89. The lowest BCUT2D eigenvalue weighted by Gasteiger charge is -2.14. The van der Waals surface area contributed by atoms with Gasteiger partial charge in [0.1, 0.15) is 18.0 Å². The minimum absolute atomic E-state index is 0.0556. The van der Waals surface area contributed by atoms with Gasteiger partial charge in [-0.15, -0.1) is 0 Å². The molecule has 6 heteroatoms. The van der Waals surface area contributed by atoms with Crippen LogP contribution >= 0.6 is 0 Å². The van der Waals surface area contributed by atoms with Crippen molar-refractivity contribution in [2.75, 3.05) is 7.05 Å². The number of nitrogens with zero attached hydrogens (tertiary/aromatic N) is 5. The summed E-state index contributed by atoms with van der Waals surface area (Å²) in [4.78, 5) is 13.0. The molecular weight excluding hydrogens is 228 g/mol. The zero-order valence-electron chi connectivity index (χ0n) is 11.0. The molecule has 2 heterocycles. The zero-order chi connectivity index (χ0) is 13.0. The van der Waals surface area contributed by atoms with Gasteiger partial charge in [0.2, 0.25) is 0 Å². The molecule has 0 aliphatic heterocycles. The van der Waals surface area contributed by atoms with Crippen LogP contribution in [-0.2, 0) is 13.0 Å². The van der Waals surface area contributed by atoms with E-state index in [-0.39, 0.29) is 6.04 Å². The molecule has 0 amide bonds. The topological polar surface area (TPSA) is 68.5 Å². The van der Waals surface area contributed by atoms with Crippen LogP contribution in [0.1, 0.15) is 30.2 Å². The van der Waals surface area contributed by atoms with Crippen molar-refractivity contribution >= 4 is 0 Å². The molecule has 0 aliphatic carbocycles. The molecule has 2 aromatic heterocycles. The van der Waals surface area contributed by atoms with Gasteiger partial charge in [-0.05, 0) is 26.5 Å². The quantitative estimate of drug-likeness (QED) is 0.849. The Morgan fingerprint density at radius 1 is 1.28 bits per heavy atom. The average molecular weight is 246 g/mol. The van der Waals surface area contributed by atoms with Gasteiger partial charge in [-0.1, -0.05) is 0 Å². The second kappa shape index (κ2) is 5.68. The highest BCUT2D eigenvalue weighted by atomic mass is 15.3. The highest BCUT2D eigenvalue weighted by Crippen LogP contribution is 2.12. The molecule has 1 unspecified atom stereocenters. The maximum absolute atomic E-state index is 4.35. The van der Waals surface area contributed by atoms with Gasteiger partial charge in [0.05, 0.1) is 6.04 Å². The second-order valence-electron chi connectivity index (χ2n) is 4.16. The predicted octanol–water partition coefficient (Wildman–Crippen LogP) is 0.900. The molecule has 0 spiro atoms. The van der Waals surface area contributed by atoms with Crippen LogP contribution in [0.25, 0.3) is 0 Å². The van der Waals surface area contributed by atoms with Gasteiger partial charge in [0.15, 0.2) is 0 Å². The Labute approximate surface area is 106 Å². The molecular formula is C12H18N6. The summed E-state index contributed by atoms with van der Waals surface area (Å²) in [6.07, 6.45) is 5.98. The maximum Gasteiger partial charge on any atom is 0.145 e. The van der Waals surface area contributed by atoms with Gasteiger partial charge in [-0.25, -0.2) is 15.0 Å². The molecule has 0 radical (unpaired) electrons. The molecule has 2 aromatic rings. The molecule has 0 aliphatic rings. The third-order valence-electron chi connectivity index (χ3n) is 2.84. The van der Waals surface area contributed by atoms with Crippen molar-refractivity contribution in [3.8, 4) is 0 Å². The Morgan fingerprint density at radius 2 is 2.00 bits per heavy atom. The lowest BCUT2D eigenvalue weighted by Crippen LogP contribution is -2.23. The van der Waals surface area contributed by atoms with E-state index in [4.69, 9.17) is 0 Å². The van der Waals surface area contributed by atoms with E-state index < -0.39 is 0 Å². The van der Waals surface area contributed by atoms with Crippen LogP contribution in [-0.4, -0.2) is 31.8 Å². The minimum Gasteiger partial charge on any atom is -0.310 e. The van der Waals surface area contributed by atoms with E-state index in [1.54, 1.807) is 6.33 Å². The maximum atomic E-state index is 4.35. The molecule has 0 saturated heterocycles. The fraction of sp³-hybridized carbons (Fsp3) is 0.500. The Balaban J connectivity index is 2.17. The number of aryl methyl sites for hydroxylation is 2. The number of likely N-dealkylation sites (N-methyl/N-ethyl adjacent to an activating group) is 1. The van der Waals surface area contributed by atoms with Crippen molar-refractivity contribution in [3.05, 3.63) is 35.9 Å². The number of aromatic nitrogens is 5. The summed E-state index contributed by atoms with van der Waals surface area (Å²) >= 11 is 0. The number of hydrogen-bond acceptors (Lipinski definition) is 5. The van der Waals surface area contributed by atoms with E-state index in [9.17, 15) is 0 Å². The fourth-order valence-electron chi connectivity index (χ4n) is 1.80. The largest absolute Gasteiger partial charge is 0.310 e. The van der Waals surface area contributed by atoms with Crippen LogP contribution in [0.15, 0.2) is 18.7 Å². The molecule has 0 aromatic carbocycles. The van der Waals surface area contributed by atoms with Gasteiger partial charge in [-0.2, -0.15) is 5.10 Å². The van der Waals surface area contributed by atoms with Crippen molar-refractivity contribution < 1.29 is 0 Å². The monoisotopic (exact) mass is 246 g/mol. The van der Waals surface area contributed by atoms with E-state index >= 15 is 0 Å². The lowest BCUT2D eigenvalue weighted by molar-refractivity contribution is 0.512. The van der Waals surface area contributed by atoms with Gasteiger partial charge in [0, 0.05) is 25.4 Å². The van der Waals surface area contributed by atoms with Crippen LogP contribution in [0, 0.1) is 6.92 Å². The first kappa shape index (κ1) is 12.6. The summed E-state index contributed by atoms with van der Waals surface area (Å²) in [7, 11) is 1.90. The summed E-state index contributed by atoms with van der Waals surface area (Å²) in [5.74, 6) is 1.73. The van der Waals surface area contributed by atoms with Crippen molar-refractivity contribution in [2.45, 2.75) is 32.9 Å². The number of rotatable bonds is 5. The van der Waals surface area contributed by atoms with E-state index in [1.807, 2.05) is 31.0 Å². The van der Waals surface area contributed by atoms with E-state index in [1.165, 1.54) is 0 Å². The Kier molecular flexibility index (Phi) is 3.99. The van der Waals surface area contributed by atoms with E-state index in [2.05, 4.69) is 32.3 Å². The summed E-state index contributed by atoms with van der Waals surface area (Å²) in [5.41, 5.74) is 1.06. The molecule has 96 valence electrons. The van der Waals surface area contributed by atoms with Gasteiger partial charge < -0.3 is 5.32 Å². The molecule has 1 N–H and O–H groups in total. The van der Waals surface area contributed by atoms with Gasteiger partial charge in [-0.3, -0.25) is 4.68 Å². The Morgan fingerprint density at radius 3 is 2.61 bits per heavy atom. The molecule has 0 fully saturated rings. The van der Waals surface area contributed by atoms with Crippen LogP contribution in [0.2, 0.25) is 0 Å². The molecule has 6 nitrogen and oxygen atoms in total. The molecule has 0 saturated carbocycles. The van der Waals surface area contributed by atoms with Gasteiger partial charge in [0.25, 0.3) is 0 Å². The zero-order valence-corrected chi connectivity index (χ0v) is 11.0.